The van der Waals surface area contributed by atoms with Crippen molar-refractivity contribution in [3.05, 3.63) is 39.3 Å². The number of nitrogens with zero attached hydrogens (tertiary/aromatic N) is 3. The Kier molecular flexibility index (Phi) is 2.88. The number of hydrogen-bond donors (Lipinski definition) is 0. The summed E-state index contributed by atoms with van der Waals surface area (Å²) in [6.07, 6.45) is 5.51. The summed E-state index contributed by atoms with van der Waals surface area (Å²) >= 11 is 0. The first kappa shape index (κ1) is 11.4. The maximum Gasteiger partial charge on any atom is 0.126 e. The largest absolute Gasteiger partial charge is 0.489 e. The molecule has 0 radical (unpaired) electrons. The summed E-state index contributed by atoms with van der Waals surface area (Å²) in [7, 11) is 0. The van der Waals surface area contributed by atoms with Gasteiger partial charge in [-0.25, -0.2) is 0 Å². The molecule has 0 unspecified atom stereocenters. The van der Waals surface area contributed by atoms with Crippen molar-refractivity contribution in [2.75, 3.05) is 0 Å². The standard InChI is InChI=1S/C14H17N3O/c1-9(16-17-15)7-12-8-11-6-5-10-3-2-4-13(10)14(11)18-12/h5-6,9,12H,2-4,7-8H2,1H3/t9-,12-/m0/s1. The van der Waals surface area contributed by atoms with E-state index in [4.69, 9.17) is 10.3 Å². The van der Waals surface area contributed by atoms with Crippen molar-refractivity contribution < 1.29 is 4.74 Å². The van der Waals surface area contributed by atoms with Crippen LogP contribution in [-0.4, -0.2) is 12.1 Å². The first-order valence-corrected chi connectivity index (χ1v) is 6.62. The molecule has 1 aliphatic heterocycles. The average Bonchev–Trinajstić information content (AvgIpc) is 2.92. The van der Waals surface area contributed by atoms with E-state index in [2.05, 4.69) is 22.2 Å². The van der Waals surface area contributed by atoms with Gasteiger partial charge >= 0.3 is 0 Å². The van der Waals surface area contributed by atoms with Crippen LogP contribution in [0.4, 0.5) is 0 Å². The molecule has 0 saturated heterocycles. The topological polar surface area (TPSA) is 58.0 Å². The first-order chi connectivity index (χ1) is 8.78. The molecule has 4 nitrogen and oxygen atoms in total. The molecule has 0 bridgehead atoms. The van der Waals surface area contributed by atoms with Gasteiger partial charge in [-0.2, -0.15) is 0 Å². The van der Waals surface area contributed by atoms with Crippen LogP contribution in [0.25, 0.3) is 10.4 Å². The highest BCUT2D eigenvalue weighted by molar-refractivity contribution is 5.51. The summed E-state index contributed by atoms with van der Waals surface area (Å²) in [5.41, 5.74) is 12.6. The monoisotopic (exact) mass is 243 g/mol. The second-order valence-corrected chi connectivity index (χ2v) is 5.28. The van der Waals surface area contributed by atoms with Crippen molar-refractivity contribution in [3.63, 3.8) is 0 Å². The van der Waals surface area contributed by atoms with Crippen LogP contribution < -0.4 is 4.74 Å². The van der Waals surface area contributed by atoms with Crippen molar-refractivity contribution >= 4 is 0 Å². The highest BCUT2D eigenvalue weighted by Crippen LogP contribution is 2.39. The van der Waals surface area contributed by atoms with Crippen LogP contribution in [-0.2, 0) is 19.3 Å². The van der Waals surface area contributed by atoms with Gasteiger partial charge in [0.25, 0.3) is 0 Å². The molecule has 1 aromatic carbocycles. The fourth-order valence-electron chi connectivity index (χ4n) is 3.09. The van der Waals surface area contributed by atoms with Crippen LogP contribution in [0.2, 0.25) is 0 Å². The molecular formula is C14H17N3O. The minimum Gasteiger partial charge on any atom is -0.489 e. The third-order valence-corrected chi connectivity index (χ3v) is 3.90. The predicted molar refractivity (Wildman–Crippen MR) is 69.8 cm³/mol. The molecule has 1 aromatic rings. The molecule has 0 amide bonds. The third-order valence-electron chi connectivity index (χ3n) is 3.90. The van der Waals surface area contributed by atoms with E-state index in [1.54, 1.807) is 0 Å². The number of aryl methyl sites for hydroxylation is 1. The van der Waals surface area contributed by atoms with E-state index in [0.717, 1.165) is 25.0 Å². The third kappa shape index (κ3) is 1.93. The molecule has 0 fully saturated rings. The van der Waals surface area contributed by atoms with E-state index >= 15 is 0 Å². The maximum atomic E-state index is 8.43. The maximum absolute atomic E-state index is 8.43. The molecule has 0 spiro atoms. The number of fused-ring (bicyclic) bond motifs is 3. The van der Waals surface area contributed by atoms with E-state index in [0.29, 0.717) is 0 Å². The molecule has 2 aliphatic rings. The van der Waals surface area contributed by atoms with E-state index in [1.807, 2.05) is 6.92 Å². The van der Waals surface area contributed by atoms with Gasteiger partial charge in [-0.1, -0.05) is 24.2 Å². The van der Waals surface area contributed by atoms with Crippen molar-refractivity contribution in [3.8, 4) is 5.75 Å². The summed E-state index contributed by atoms with van der Waals surface area (Å²) in [4.78, 5) is 2.85. The Morgan fingerprint density at radius 3 is 3.11 bits per heavy atom. The minimum absolute atomic E-state index is 0.00219. The van der Waals surface area contributed by atoms with E-state index in [-0.39, 0.29) is 12.1 Å². The van der Waals surface area contributed by atoms with Crippen molar-refractivity contribution in [1.82, 2.24) is 0 Å². The summed E-state index contributed by atoms with van der Waals surface area (Å²) in [5.74, 6) is 1.13. The van der Waals surface area contributed by atoms with Crippen LogP contribution in [0.3, 0.4) is 0 Å². The quantitative estimate of drug-likeness (QED) is 0.455. The SMILES string of the molecule is C[C@@H](C[C@H]1Cc2ccc3c(c2O1)CCC3)N=[N+]=[N-]. The van der Waals surface area contributed by atoms with Gasteiger partial charge in [0, 0.05) is 17.4 Å². The Hall–Kier alpha value is -1.67. The molecule has 0 saturated carbocycles. The Bertz CT molecular complexity index is 520. The van der Waals surface area contributed by atoms with Crippen molar-refractivity contribution in [2.24, 2.45) is 5.11 Å². The lowest BCUT2D eigenvalue weighted by Crippen LogP contribution is -2.18. The second kappa shape index (κ2) is 4.54. The molecular weight excluding hydrogens is 226 g/mol. The van der Waals surface area contributed by atoms with Crippen LogP contribution in [0.15, 0.2) is 17.2 Å². The molecule has 0 aromatic heterocycles. The minimum atomic E-state index is 0.00219. The lowest BCUT2D eigenvalue weighted by molar-refractivity contribution is 0.211. The van der Waals surface area contributed by atoms with Crippen LogP contribution in [0, 0.1) is 0 Å². The zero-order valence-electron chi connectivity index (χ0n) is 10.6. The van der Waals surface area contributed by atoms with Crippen LogP contribution >= 0.6 is 0 Å². The summed E-state index contributed by atoms with van der Waals surface area (Å²) in [6, 6.07) is 4.46. The van der Waals surface area contributed by atoms with Gasteiger partial charge in [-0.3, -0.25) is 0 Å². The van der Waals surface area contributed by atoms with E-state index in [9.17, 15) is 0 Å². The highest BCUT2D eigenvalue weighted by atomic mass is 16.5. The Morgan fingerprint density at radius 2 is 2.28 bits per heavy atom. The smallest absolute Gasteiger partial charge is 0.126 e. The molecule has 1 heterocycles. The van der Waals surface area contributed by atoms with Gasteiger partial charge in [0.1, 0.15) is 11.9 Å². The van der Waals surface area contributed by atoms with Gasteiger partial charge in [0.2, 0.25) is 0 Å². The number of rotatable bonds is 3. The fraction of sp³-hybridized carbons (Fsp3) is 0.571. The van der Waals surface area contributed by atoms with Gasteiger partial charge in [0.15, 0.2) is 0 Å². The van der Waals surface area contributed by atoms with Gasteiger partial charge in [-0.15, -0.1) is 0 Å². The summed E-state index contributed by atoms with van der Waals surface area (Å²) in [6.45, 7) is 1.94. The molecule has 18 heavy (non-hydrogen) atoms. The Morgan fingerprint density at radius 1 is 1.44 bits per heavy atom. The first-order valence-electron chi connectivity index (χ1n) is 6.62. The number of azide groups is 1. The van der Waals surface area contributed by atoms with Gasteiger partial charge in [-0.05, 0) is 47.9 Å². The summed E-state index contributed by atoms with van der Waals surface area (Å²) in [5, 5.41) is 3.72. The molecule has 94 valence electrons. The van der Waals surface area contributed by atoms with Gasteiger partial charge in [0.05, 0.1) is 0 Å². The molecule has 0 N–H and O–H groups in total. The number of hydrogen-bond acceptors (Lipinski definition) is 2. The van der Waals surface area contributed by atoms with Crippen molar-refractivity contribution in [2.45, 2.75) is 51.2 Å². The van der Waals surface area contributed by atoms with Crippen LogP contribution in [0.5, 0.6) is 5.75 Å². The number of benzene rings is 1. The Balaban J connectivity index is 1.77. The lowest BCUT2D eigenvalue weighted by atomic mass is 10.0. The normalized spacial score (nSPS) is 21.7. The van der Waals surface area contributed by atoms with E-state index < -0.39 is 0 Å². The Labute approximate surface area is 107 Å². The highest BCUT2D eigenvalue weighted by Gasteiger charge is 2.29. The molecule has 4 heteroatoms. The van der Waals surface area contributed by atoms with Crippen molar-refractivity contribution in [1.29, 1.82) is 0 Å². The lowest BCUT2D eigenvalue weighted by Gasteiger charge is -2.13. The zero-order chi connectivity index (χ0) is 12.5. The van der Waals surface area contributed by atoms with Crippen LogP contribution in [0.1, 0.15) is 36.5 Å². The average molecular weight is 243 g/mol. The summed E-state index contributed by atoms with van der Waals surface area (Å²) < 4.78 is 6.08. The zero-order valence-corrected chi connectivity index (χ0v) is 10.6. The fourth-order valence-corrected chi connectivity index (χ4v) is 3.09. The molecule has 2 atom stereocenters. The molecule has 3 rings (SSSR count). The molecule has 1 aliphatic carbocycles. The predicted octanol–water partition coefficient (Wildman–Crippen LogP) is 3.57. The number of ether oxygens (including phenoxy) is 1. The second-order valence-electron chi connectivity index (χ2n) is 5.28. The van der Waals surface area contributed by atoms with E-state index in [1.165, 1.54) is 29.5 Å². The van der Waals surface area contributed by atoms with Gasteiger partial charge < -0.3 is 4.74 Å².